The first kappa shape index (κ1) is 19.0. The van der Waals surface area contributed by atoms with E-state index in [1.807, 2.05) is 13.8 Å². The van der Waals surface area contributed by atoms with Crippen molar-refractivity contribution in [2.45, 2.75) is 18.7 Å². The second-order valence-electron chi connectivity index (χ2n) is 3.82. The average molecular weight is 306 g/mol. The van der Waals surface area contributed by atoms with E-state index in [2.05, 4.69) is 0 Å². The molecule has 0 heterocycles. The van der Waals surface area contributed by atoms with Crippen LogP contribution in [0.5, 0.6) is 0 Å². The molecule has 116 valence electrons. The Hall–Kier alpha value is -0.990. The van der Waals surface area contributed by atoms with Crippen molar-refractivity contribution >= 4 is 10.1 Å². The first-order valence-electron chi connectivity index (χ1n) is 6.22. The summed E-state index contributed by atoms with van der Waals surface area (Å²) in [6.45, 7) is 6.20. The molecule has 0 fully saturated rings. The summed E-state index contributed by atoms with van der Waals surface area (Å²) in [7, 11) is -4.02. The van der Waals surface area contributed by atoms with Crippen molar-refractivity contribution in [3.63, 3.8) is 0 Å². The van der Waals surface area contributed by atoms with Gasteiger partial charge < -0.3 is 14.6 Å². The Kier molecular flexibility index (Phi) is 10.2. The summed E-state index contributed by atoms with van der Waals surface area (Å²) in [6, 6.07) is 5.99. The van der Waals surface area contributed by atoms with Crippen molar-refractivity contribution in [2.24, 2.45) is 0 Å². The molecule has 1 rings (SSSR count). The maximum absolute atomic E-state index is 10.5. The monoisotopic (exact) mass is 306 g/mol. The number of rotatable bonds is 7. The van der Waals surface area contributed by atoms with Crippen molar-refractivity contribution in [1.82, 2.24) is 0 Å². The molecule has 0 radical (unpaired) electrons. The highest BCUT2D eigenvalue weighted by Gasteiger charge is 2.06. The lowest BCUT2D eigenvalue weighted by Gasteiger charge is -2.00. The minimum atomic E-state index is -4.02. The minimum Gasteiger partial charge on any atom is -0.394 e. The smallest absolute Gasteiger partial charge is 0.294 e. The molecule has 0 aliphatic carbocycles. The van der Waals surface area contributed by atoms with E-state index in [9.17, 15) is 8.42 Å². The van der Waals surface area contributed by atoms with Crippen LogP contribution >= 0.6 is 0 Å². The van der Waals surface area contributed by atoms with Gasteiger partial charge in [-0.2, -0.15) is 8.42 Å². The van der Waals surface area contributed by atoms with Crippen LogP contribution in [0.3, 0.4) is 0 Å². The lowest BCUT2D eigenvalue weighted by molar-refractivity contribution is 0.0370. The van der Waals surface area contributed by atoms with Crippen LogP contribution in [0.25, 0.3) is 0 Å². The van der Waals surface area contributed by atoms with Crippen LogP contribution in [0.15, 0.2) is 29.2 Å². The van der Waals surface area contributed by atoms with Crippen molar-refractivity contribution < 1.29 is 27.6 Å². The third-order valence-electron chi connectivity index (χ3n) is 2.13. The molecule has 0 unspecified atom stereocenters. The zero-order valence-corrected chi connectivity index (χ0v) is 12.6. The lowest BCUT2D eigenvalue weighted by atomic mass is 10.2. The molecule has 0 atom stereocenters. The molecule has 0 spiro atoms. The van der Waals surface area contributed by atoms with Gasteiger partial charge in [-0.1, -0.05) is 17.7 Å². The zero-order valence-electron chi connectivity index (χ0n) is 11.8. The first-order valence-corrected chi connectivity index (χ1v) is 7.66. The third kappa shape index (κ3) is 9.88. The SMILES string of the molecule is CCOCCOCCO.Cc1ccc(S(=O)(=O)O)cc1. The van der Waals surface area contributed by atoms with Gasteiger partial charge in [0.1, 0.15) is 0 Å². The molecule has 0 amide bonds. The minimum absolute atomic E-state index is 0.0666. The van der Waals surface area contributed by atoms with Crippen LogP contribution in [0.4, 0.5) is 0 Å². The molecule has 0 aromatic heterocycles. The summed E-state index contributed by atoms with van der Waals surface area (Å²) >= 11 is 0. The summed E-state index contributed by atoms with van der Waals surface area (Å²) in [4.78, 5) is -0.0666. The van der Waals surface area contributed by atoms with E-state index in [0.29, 0.717) is 19.8 Å². The molecular weight excluding hydrogens is 284 g/mol. The molecule has 7 heteroatoms. The molecule has 20 heavy (non-hydrogen) atoms. The highest BCUT2D eigenvalue weighted by molar-refractivity contribution is 7.85. The molecule has 2 N–H and O–H groups in total. The fourth-order valence-corrected chi connectivity index (χ4v) is 1.62. The van der Waals surface area contributed by atoms with Crippen LogP contribution in [-0.2, 0) is 19.6 Å². The van der Waals surface area contributed by atoms with Gasteiger partial charge in [0.05, 0.1) is 31.3 Å². The van der Waals surface area contributed by atoms with Gasteiger partial charge in [0.25, 0.3) is 10.1 Å². The second-order valence-corrected chi connectivity index (χ2v) is 5.24. The Labute approximate surface area is 120 Å². The topological polar surface area (TPSA) is 93.1 Å². The molecule has 0 saturated carbocycles. The number of aryl methyl sites for hydroxylation is 1. The number of aliphatic hydroxyl groups excluding tert-OH is 1. The molecule has 0 aliphatic heterocycles. The Balaban J connectivity index is 0.000000370. The van der Waals surface area contributed by atoms with Crippen LogP contribution in [-0.4, -0.2) is 51.1 Å². The van der Waals surface area contributed by atoms with Crippen molar-refractivity contribution in [3.05, 3.63) is 29.8 Å². The number of aliphatic hydroxyl groups is 1. The summed E-state index contributed by atoms with van der Waals surface area (Å²) in [5.74, 6) is 0. The van der Waals surface area contributed by atoms with Crippen molar-refractivity contribution in [1.29, 1.82) is 0 Å². The molecule has 1 aromatic carbocycles. The van der Waals surface area contributed by atoms with Gasteiger partial charge in [0, 0.05) is 6.61 Å². The van der Waals surface area contributed by atoms with E-state index >= 15 is 0 Å². The van der Waals surface area contributed by atoms with Gasteiger partial charge in [-0.25, -0.2) is 0 Å². The van der Waals surface area contributed by atoms with E-state index in [1.54, 1.807) is 12.1 Å². The van der Waals surface area contributed by atoms with Gasteiger partial charge in [-0.05, 0) is 26.0 Å². The maximum Gasteiger partial charge on any atom is 0.294 e. The quantitative estimate of drug-likeness (QED) is 0.582. The molecule has 1 aromatic rings. The average Bonchev–Trinajstić information content (AvgIpc) is 2.39. The summed E-state index contributed by atoms with van der Waals surface area (Å²) in [5, 5.41) is 8.26. The van der Waals surface area contributed by atoms with Crippen molar-refractivity contribution in [2.75, 3.05) is 33.0 Å². The van der Waals surface area contributed by atoms with Gasteiger partial charge in [0.2, 0.25) is 0 Å². The summed E-state index contributed by atoms with van der Waals surface area (Å²) in [6.07, 6.45) is 0. The number of benzene rings is 1. The largest absolute Gasteiger partial charge is 0.394 e. The Bertz CT molecular complexity index is 434. The Morgan fingerprint density at radius 1 is 1.05 bits per heavy atom. The molecule has 6 nitrogen and oxygen atoms in total. The van der Waals surface area contributed by atoms with Gasteiger partial charge in [0.15, 0.2) is 0 Å². The first-order chi connectivity index (χ1) is 9.41. The number of ether oxygens (including phenoxy) is 2. The van der Waals surface area contributed by atoms with E-state index in [-0.39, 0.29) is 11.5 Å². The molecule has 0 saturated heterocycles. The van der Waals surface area contributed by atoms with Gasteiger partial charge in [-0.15, -0.1) is 0 Å². The predicted molar refractivity (Wildman–Crippen MR) is 75.4 cm³/mol. The third-order valence-corrected chi connectivity index (χ3v) is 3.00. The number of hydrogen-bond donors (Lipinski definition) is 2. The fraction of sp³-hybridized carbons (Fsp3) is 0.538. The summed E-state index contributed by atoms with van der Waals surface area (Å²) < 4.78 is 39.4. The van der Waals surface area contributed by atoms with Crippen molar-refractivity contribution in [3.8, 4) is 0 Å². The highest BCUT2D eigenvalue weighted by atomic mass is 32.2. The van der Waals surface area contributed by atoms with Gasteiger partial charge in [-0.3, -0.25) is 4.55 Å². The Morgan fingerprint density at radius 3 is 2.05 bits per heavy atom. The Morgan fingerprint density at radius 2 is 1.60 bits per heavy atom. The van der Waals surface area contributed by atoms with E-state index in [1.165, 1.54) is 12.1 Å². The summed E-state index contributed by atoms with van der Waals surface area (Å²) in [5.41, 5.74) is 0.956. The fourth-order valence-electron chi connectivity index (χ4n) is 1.14. The van der Waals surface area contributed by atoms with Crippen LogP contribution in [0, 0.1) is 6.92 Å². The standard InChI is InChI=1S/C7H8O3S.C6H14O3/c1-6-2-4-7(5-3-6)11(8,9)10;1-2-8-5-6-9-4-3-7/h2-5H,1H3,(H,8,9,10);7H,2-6H2,1H3. The predicted octanol–water partition coefficient (Wildman–Crippen LogP) is 1.27. The molecule has 0 bridgehead atoms. The lowest BCUT2D eigenvalue weighted by Crippen LogP contribution is -2.06. The van der Waals surface area contributed by atoms with E-state index in [4.69, 9.17) is 19.1 Å². The molecular formula is C13H22O6S. The van der Waals surface area contributed by atoms with E-state index in [0.717, 1.165) is 12.2 Å². The van der Waals surface area contributed by atoms with Gasteiger partial charge >= 0.3 is 0 Å². The maximum atomic E-state index is 10.5. The zero-order chi connectivity index (χ0) is 15.4. The molecule has 0 aliphatic rings. The number of hydrogen-bond acceptors (Lipinski definition) is 5. The van der Waals surface area contributed by atoms with Crippen LogP contribution < -0.4 is 0 Å². The van der Waals surface area contributed by atoms with Crippen LogP contribution in [0.2, 0.25) is 0 Å². The van der Waals surface area contributed by atoms with Crippen LogP contribution in [0.1, 0.15) is 12.5 Å². The normalized spacial score (nSPS) is 10.8. The van der Waals surface area contributed by atoms with E-state index < -0.39 is 10.1 Å². The second kappa shape index (κ2) is 10.8. The highest BCUT2D eigenvalue weighted by Crippen LogP contribution is 2.08.